The lowest BCUT2D eigenvalue weighted by molar-refractivity contribution is 0.354. The van der Waals surface area contributed by atoms with E-state index in [1.54, 1.807) is 14.2 Å². The van der Waals surface area contributed by atoms with Crippen LogP contribution in [-0.4, -0.2) is 19.2 Å². The van der Waals surface area contributed by atoms with Crippen LogP contribution < -0.4 is 19.9 Å². The van der Waals surface area contributed by atoms with Gasteiger partial charge in [-0.3, -0.25) is 0 Å². The van der Waals surface area contributed by atoms with Crippen LogP contribution in [0.5, 0.6) is 17.2 Å². The minimum absolute atomic E-state index is 0.107. The molecule has 1 atom stereocenters. The van der Waals surface area contributed by atoms with Crippen LogP contribution in [0.3, 0.4) is 0 Å². The molecule has 0 aliphatic carbocycles. The summed E-state index contributed by atoms with van der Waals surface area (Å²) >= 11 is 0. The van der Waals surface area contributed by atoms with Crippen molar-refractivity contribution >= 4 is 10.9 Å². The number of ether oxygens (including phenoxy) is 3. The van der Waals surface area contributed by atoms with Gasteiger partial charge < -0.3 is 24.9 Å². The zero-order valence-electron chi connectivity index (χ0n) is 14.4. The van der Waals surface area contributed by atoms with E-state index in [1.165, 1.54) is 0 Å². The van der Waals surface area contributed by atoms with Crippen LogP contribution in [0, 0.1) is 11.3 Å². The van der Waals surface area contributed by atoms with E-state index in [2.05, 4.69) is 11.1 Å². The van der Waals surface area contributed by atoms with E-state index in [0.717, 1.165) is 22.0 Å². The molecule has 0 spiro atoms. The number of hydrogen-bond donors (Lipinski definition) is 2. The molecule has 2 heterocycles. The molecule has 1 aliphatic heterocycles. The minimum atomic E-state index is -0.378. The standard InChI is InChI=1S/C20H17N3O3/c1-24-15-7-6-11(8-17(15)25-2)18-12(9-21)20(22)26-16-5-3-4-14-19(16)13(18)10-23-14/h3-8,10,18,23H,22H2,1-2H3. The number of hydrogen-bond acceptors (Lipinski definition) is 5. The number of aromatic nitrogens is 1. The Balaban J connectivity index is 2.00. The SMILES string of the molecule is COc1ccc(C2C(C#N)=C(N)Oc3cccc4[nH]cc2c34)cc1OC. The Kier molecular flexibility index (Phi) is 3.70. The zero-order valence-corrected chi connectivity index (χ0v) is 14.4. The number of allylic oxidation sites excluding steroid dienone is 1. The monoisotopic (exact) mass is 347 g/mol. The van der Waals surface area contributed by atoms with Crippen molar-refractivity contribution in [2.75, 3.05) is 14.2 Å². The number of H-pyrrole nitrogens is 1. The highest BCUT2D eigenvalue weighted by Crippen LogP contribution is 2.44. The second kappa shape index (κ2) is 6.05. The van der Waals surface area contributed by atoms with Gasteiger partial charge in [-0.1, -0.05) is 12.1 Å². The molecule has 0 saturated carbocycles. The van der Waals surface area contributed by atoms with Gasteiger partial charge in [-0.05, 0) is 35.4 Å². The normalized spacial score (nSPS) is 16.0. The first-order valence-corrected chi connectivity index (χ1v) is 8.07. The number of nitrogens with one attached hydrogen (secondary N) is 1. The Hall–Kier alpha value is -3.59. The zero-order chi connectivity index (χ0) is 18.3. The first-order valence-electron chi connectivity index (χ1n) is 8.07. The van der Waals surface area contributed by atoms with E-state index in [4.69, 9.17) is 19.9 Å². The van der Waals surface area contributed by atoms with Crippen molar-refractivity contribution < 1.29 is 14.2 Å². The summed E-state index contributed by atoms with van der Waals surface area (Å²) in [5.41, 5.74) is 9.20. The highest BCUT2D eigenvalue weighted by molar-refractivity contribution is 5.91. The molecule has 1 aromatic heterocycles. The van der Waals surface area contributed by atoms with E-state index < -0.39 is 0 Å². The van der Waals surface area contributed by atoms with Crippen molar-refractivity contribution in [1.82, 2.24) is 4.98 Å². The van der Waals surface area contributed by atoms with Crippen molar-refractivity contribution in [3.63, 3.8) is 0 Å². The molecule has 0 fully saturated rings. The van der Waals surface area contributed by atoms with E-state index in [1.807, 2.05) is 42.6 Å². The van der Waals surface area contributed by atoms with Gasteiger partial charge in [-0.2, -0.15) is 5.26 Å². The molecule has 130 valence electrons. The predicted molar refractivity (Wildman–Crippen MR) is 97.1 cm³/mol. The fourth-order valence-corrected chi connectivity index (χ4v) is 3.46. The summed E-state index contributed by atoms with van der Waals surface area (Å²) in [5.74, 6) is 1.57. The smallest absolute Gasteiger partial charge is 0.205 e. The third-order valence-electron chi connectivity index (χ3n) is 4.64. The first kappa shape index (κ1) is 15.9. The number of nitrogens with two attached hydrogens (primary N) is 1. The van der Waals surface area contributed by atoms with Crippen LogP contribution in [0.4, 0.5) is 0 Å². The average Bonchev–Trinajstić information content (AvgIpc) is 3.04. The maximum Gasteiger partial charge on any atom is 0.205 e. The second-order valence-corrected chi connectivity index (χ2v) is 5.96. The minimum Gasteiger partial charge on any atom is -0.493 e. The lowest BCUT2D eigenvalue weighted by Crippen LogP contribution is -2.13. The molecule has 0 bridgehead atoms. The van der Waals surface area contributed by atoms with E-state index in [9.17, 15) is 5.26 Å². The van der Waals surface area contributed by atoms with Crippen molar-refractivity contribution in [2.24, 2.45) is 5.73 Å². The van der Waals surface area contributed by atoms with Gasteiger partial charge in [-0.15, -0.1) is 0 Å². The largest absolute Gasteiger partial charge is 0.493 e. The van der Waals surface area contributed by atoms with Gasteiger partial charge in [-0.25, -0.2) is 0 Å². The third kappa shape index (κ3) is 2.25. The molecule has 3 N–H and O–H groups in total. The summed E-state index contributed by atoms with van der Waals surface area (Å²) < 4.78 is 16.5. The second-order valence-electron chi connectivity index (χ2n) is 5.96. The molecule has 3 aromatic rings. The molecule has 0 radical (unpaired) electrons. The lowest BCUT2D eigenvalue weighted by atomic mass is 9.85. The fourth-order valence-electron chi connectivity index (χ4n) is 3.46. The van der Waals surface area contributed by atoms with Gasteiger partial charge >= 0.3 is 0 Å². The molecular formula is C20H17N3O3. The Labute approximate surface area is 150 Å². The van der Waals surface area contributed by atoms with Crippen LogP contribution >= 0.6 is 0 Å². The average molecular weight is 347 g/mol. The summed E-state index contributed by atoms with van der Waals surface area (Å²) in [6.07, 6.45) is 1.90. The summed E-state index contributed by atoms with van der Waals surface area (Å²) in [7, 11) is 3.17. The van der Waals surface area contributed by atoms with Gasteiger partial charge in [0.15, 0.2) is 11.5 Å². The highest BCUT2D eigenvalue weighted by Gasteiger charge is 2.30. The van der Waals surface area contributed by atoms with Crippen molar-refractivity contribution in [3.05, 3.63) is 65.2 Å². The summed E-state index contributed by atoms with van der Waals surface area (Å²) in [4.78, 5) is 3.25. The number of benzene rings is 2. The maximum atomic E-state index is 9.78. The molecule has 0 amide bonds. The molecule has 1 aliphatic rings. The van der Waals surface area contributed by atoms with Crippen molar-refractivity contribution in [1.29, 1.82) is 5.26 Å². The lowest BCUT2D eigenvalue weighted by Gasteiger charge is -2.17. The van der Waals surface area contributed by atoms with E-state index in [-0.39, 0.29) is 11.8 Å². The van der Waals surface area contributed by atoms with Gasteiger partial charge in [0, 0.05) is 17.1 Å². The topological polar surface area (TPSA) is 93.3 Å². The van der Waals surface area contributed by atoms with Crippen LogP contribution in [0.25, 0.3) is 10.9 Å². The van der Waals surface area contributed by atoms with Gasteiger partial charge in [0.25, 0.3) is 0 Å². The molecule has 6 heteroatoms. The number of aromatic amines is 1. The van der Waals surface area contributed by atoms with E-state index >= 15 is 0 Å². The van der Waals surface area contributed by atoms with Crippen molar-refractivity contribution in [2.45, 2.75) is 5.92 Å². The van der Waals surface area contributed by atoms with E-state index in [0.29, 0.717) is 22.8 Å². The maximum absolute atomic E-state index is 9.78. The Morgan fingerprint density at radius 1 is 1.15 bits per heavy atom. The summed E-state index contributed by atoms with van der Waals surface area (Å²) in [5, 5.41) is 10.7. The van der Waals surface area contributed by atoms with Gasteiger partial charge in [0.05, 0.1) is 20.1 Å². The van der Waals surface area contributed by atoms with Crippen molar-refractivity contribution in [3.8, 4) is 23.3 Å². The summed E-state index contributed by atoms with van der Waals surface area (Å²) in [6.45, 7) is 0. The Morgan fingerprint density at radius 2 is 1.96 bits per heavy atom. The Bertz CT molecular complexity index is 1080. The van der Waals surface area contributed by atoms with Gasteiger partial charge in [0.1, 0.15) is 17.4 Å². The number of nitriles is 1. The first-order chi connectivity index (χ1) is 12.7. The summed E-state index contributed by atoms with van der Waals surface area (Å²) in [6, 6.07) is 13.5. The van der Waals surface area contributed by atoms with Crippen LogP contribution in [0.1, 0.15) is 17.0 Å². The number of rotatable bonds is 3. The van der Waals surface area contributed by atoms with Crippen LogP contribution in [0.2, 0.25) is 0 Å². The quantitative estimate of drug-likeness (QED) is 0.757. The van der Waals surface area contributed by atoms with Crippen LogP contribution in [-0.2, 0) is 0 Å². The molecule has 0 saturated heterocycles. The molecule has 1 unspecified atom stereocenters. The fraction of sp³-hybridized carbons (Fsp3) is 0.150. The molecule has 2 aromatic carbocycles. The molecule has 6 nitrogen and oxygen atoms in total. The van der Waals surface area contributed by atoms with Crippen LogP contribution in [0.15, 0.2) is 54.1 Å². The Morgan fingerprint density at radius 3 is 2.69 bits per heavy atom. The highest BCUT2D eigenvalue weighted by atomic mass is 16.5. The molecular weight excluding hydrogens is 330 g/mol. The molecule has 4 rings (SSSR count). The number of methoxy groups -OCH3 is 2. The number of nitrogens with zero attached hydrogens (tertiary/aromatic N) is 1. The van der Waals surface area contributed by atoms with Gasteiger partial charge in [0.2, 0.25) is 5.88 Å². The molecule has 26 heavy (non-hydrogen) atoms. The predicted octanol–water partition coefficient (Wildman–Crippen LogP) is 3.40. The third-order valence-corrected chi connectivity index (χ3v) is 4.64.